The van der Waals surface area contributed by atoms with Crippen molar-refractivity contribution < 1.29 is 4.74 Å². The van der Waals surface area contributed by atoms with E-state index in [4.69, 9.17) is 4.74 Å². The van der Waals surface area contributed by atoms with Gasteiger partial charge in [0.05, 0.1) is 12.2 Å². The largest absolute Gasteiger partial charge is 0.375 e. The summed E-state index contributed by atoms with van der Waals surface area (Å²) in [5.74, 6) is 0. The van der Waals surface area contributed by atoms with Crippen molar-refractivity contribution in [3.63, 3.8) is 0 Å². The molecule has 1 aromatic heterocycles. The smallest absolute Gasteiger partial charge is 0.183 e. The summed E-state index contributed by atoms with van der Waals surface area (Å²) >= 11 is 1.74. The number of aryl methyl sites for hydroxylation is 1. The molecule has 4 heteroatoms. The third-order valence-corrected chi connectivity index (χ3v) is 4.72. The zero-order chi connectivity index (χ0) is 12.1. The first-order valence-electron chi connectivity index (χ1n) is 6.29. The van der Waals surface area contributed by atoms with Crippen molar-refractivity contribution in [2.24, 2.45) is 5.41 Å². The fourth-order valence-electron chi connectivity index (χ4n) is 3.30. The van der Waals surface area contributed by atoms with E-state index in [2.05, 4.69) is 31.1 Å². The zero-order valence-electron chi connectivity index (χ0n) is 10.7. The SMILES string of the molecule is Cc1cnc(NC2CC3(COC(C)(C)C3)C2)s1. The van der Waals surface area contributed by atoms with Crippen LogP contribution in [0.4, 0.5) is 5.13 Å². The molecule has 0 unspecified atom stereocenters. The van der Waals surface area contributed by atoms with Crippen LogP contribution in [0.25, 0.3) is 0 Å². The standard InChI is InChI=1S/C13H20N2OS/c1-9-6-14-11(17-9)15-10-4-13(5-10)7-12(2,3)16-8-13/h6,10H,4-5,7-8H2,1-3H3,(H,14,15). The maximum Gasteiger partial charge on any atom is 0.183 e. The Bertz CT molecular complexity index is 421. The monoisotopic (exact) mass is 252 g/mol. The van der Waals surface area contributed by atoms with Crippen LogP contribution in [0.2, 0.25) is 0 Å². The molecule has 2 fully saturated rings. The van der Waals surface area contributed by atoms with E-state index in [1.807, 2.05) is 6.20 Å². The predicted octanol–water partition coefficient (Wildman–Crippen LogP) is 3.21. The van der Waals surface area contributed by atoms with Crippen molar-refractivity contribution >= 4 is 16.5 Å². The third kappa shape index (κ3) is 2.20. The number of anilines is 1. The van der Waals surface area contributed by atoms with Crippen LogP contribution in [-0.2, 0) is 4.74 Å². The predicted molar refractivity (Wildman–Crippen MR) is 70.6 cm³/mol. The summed E-state index contributed by atoms with van der Waals surface area (Å²) in [7, 11) is 0. The van der Waals surface area contributed by atoms with Gasteiger partial charge in [-0.25, -0.2) is 4.98 Å². The molecule has 3 nitrogen and oxygen atoms in total. The highest BCUT2D eigenvalue weighted by Crippen LogP contribution is 2.53. The van der Waals surface area contributed by atoms with E-state index in [-0.39, 0.29) is 5.60 Å². The maximum absolute atomic E-state index is 5.86. The first-order chi connectivity index (χ1) is 7.96. The summed E-state index contributed by atoms with van der Waals surface area (Å²) in [4.78, 5) is 5.63. The molecule has 1 saturated carbocycles. The molecule has 1 aromatic rings. The molecule has 0 bridgehead atoms. The Labute approximate surface area is 107 Å². The lowest BCUT2D eigenvalue weighted by molar-refractivity contribution is 0.0223. The first kappa shape index (κ1) is 11.5. The fourth-order valence-corrected chi connectivity index (χ4v) is 4.04. The Hall–Kier alpha value is -0.610. The van der Waals surface area contributed by atoms with Crippen LogP contribution in [0.5, 0.6) is 0 Å². The molecule has 1 spiro atoms. The number of thiazole rings is 1. The average molecular weight is 252 g/mol. The lowest BCUT2D eigenvalue weighted by atomic mass is 9.63. The molecule has 0 aromatic carbocycles. The number of hydrogen-bond acceptors (Lipinski definition) is 4. The van der Waals surface area contributed by atoms with E-state index in [0.717, 1.165) is 11.7 Å². The van der Waals surface area contributed by atoms with Gasteiger partial charge in [-0.15, -0.1) is 11.3 Å². The van der Waals surface area contributed by atoms with Crippen molar-refractivity contribution in [1.29, 1.82) is 0 Å². The molecule has 1 saturated heterocycles. The molecule has 0 amide bonds. The van der Waals surface area contributed by atoms with Crippen molar-refractivity contribution in [2.45, 2.75) is 51.7 Å². The van der Waals surface area contributed by atoms with Gasteiger partial charge in [0.2, 0.25) is 0 Å². The van der Waals surface area contributed by atoms with Crippen molar-refractivity contribution in [1.82, 2.24) is 4.98 Å². The van der Waals surface area contributed by atoms with Gasteiger partial charge in [-0.2, -0.15) is 0 Å². The van der Waals surface area contributed by atoms with Crippen LogP contribution in [0.3, 0.4) is 0 Å². The number of hydrogen-bond donors (Lipinski definition) is 1. The maximum atomic E-state index is 5.86. The van der Waals surface area contributed by atoms with Crippen LogP contribution in [0.1, 0.15) is 38.0 Å². The van der Waals surface area contributed by atoms with Crippen LogP contribution >= 0.6 is 11.3 Å². The molecule has 1 aliphatic heterocycles. The Balaban J connectivity index is 1.55. The van der Waals surface area contributed by atoms with E-state index < -0.39 is 0 Å². The molecule has 17 heavy (non-hydrogen) atoms. The lowest BCUT2D eigenvalue weighted by Gasteiger charge is -2.44. The van der Waals surface area contributed by atoms with Crippen LogP contribution in [0, 0.1) is 12.3 Å². The average Bonchev–Trinajstić information content (AvgIpc) is 2.70. The number of ether oxygens (including phenoxy) is 1. The minimum atomic E-state index is 0.0861. The minimum absolute atomic E-state index is 0.0861. The Morgan fingerprint density at radius 3 is 2.76 bits per heavy atom. The number of aromatic nitrogens is 1. The topological polar surface area (TPSA) is 34.2 Å². The Morgan fingerprint density at radius 2 is 2.24 bits per heavy atom. The van der Waals surface area contributed by atoms with Gasteiger partial charge in [-0.05, 0) is 40.0 Å². The van der Waals surface area contributed by atoms with Gasteiger partial charge in [0, 0.05) is 22.5 Å². The second kappa shape index (κ2) is 3.69. The van der Waals surface area contributed by atoms with Gasteiger partial charge in [0.15, 0.2) is 5.13 Å². The molecule has 3 rings (SSSR count). The summed E-state index contributed by atoms with van der Waals surface area (Å²) in [5, 5.41) is 4.60. The van der Waals surface area contributed by atoms with Crippen molar-refractivity contribution in [3.05, 3.63) is 11.1 Å². The third-order valence-electron chi connectivity index (χ3n) is 3.88. The molecule has 2 aliphatic rings. The minimum Gasteiger partial charge on any atom is -0.375 e. The van der Waals surface area contributed by atoms with E-state index in [0.29, 0.717) is 11.5 Å². The van der Waals surface area contributed by atoms with Crippen LogP contribution in [-0.4, -0.2) is 23.2 Å². The van der Waals surface area contributed by atoms with Gasteiger partial charge >= 0.3 is 0 Å². The molecule has 0 radical (unpaired) electrons. The quantitative estimate of drug-likeness (QED) is 0.877. The molecule has 1 N–H and O–H groups in total. The summed E-state index contributed by atoms with van der Waals surface area (Å²) in [5.41, 5.74) is 0.538. The number of rotatable bonds is 2. The zero-order valence-corrected chi connectivity index (χ0v) is 11.6. The van der Waals surface area contributed by atoms with Gasteiger partial charge in [0.25, 0.3) is 0 Å². The number of nitrogens with one attached hydrogen (secondary N) is 1. The Kier molecular flexibility index (Phi) is 2.49. The van der Waals surface area contributed by atoms with Gasteiger partial charge < -0.3 is 10.1 Å². The Morgan fingerprint density at radius 1 is 1.47 bits per heavy atom. The van der Waals surface area contributed by atoms with Crippen molar-refractivity contribution in [3.8, 4) is 0 Å². The number of nitrogens with zero attached hydrogens (tertiary/aromatic N) is 1. The highest BCUT2D eigenvalue weighted by molar-refractivity contribution is 7.15. The molecule has 0 atom stereocenters. The highest BCUT2D eigenvalue weighted by Gasteiger charge is 2.52. The molecule has 94 valence electrons. The van der Waals surface area contributed by atoms with Gasteiger partial charge in [-0.3, -0.25) is 0 Å². The summed E-state index contributed by atoms with van der Waals surface area (Å²) in [6, 6.07) is 0.595. The summed E-state index contributed by atoms with van der Waals surface area (Å²) < 4.78 is 5.86. The van der Waals surface area contributed by atoms with Crippen LogP contribution in [0.15, 0.2) is 6.20 Å². The van der Waals surface area contributed by atoms with Crippen molar-refractivity contribution in [2.75, 3.05) is 11.9 Å². The normalized spacial score (nSPS) is 34.9. The lowest BCUT2D eigenvalue weighted by Crippen LogP contribution is -2.46. The summed E-state index contributed by atoms with van der Waals surface area (Å²) in [6.07, 6.45) is 5.60. The highest BCUT2D eigenvalue weighted by atomic mass is 32.1. The molecular weight excluding hydrogens is 232 g/mol. The van der Waals surface area contributed by atoms with E-state index in [1.165, 1.54) is 24.1 Å². The molecule has 1 aliphatic carbocycles. The van der Waals surface area contributed by atoms with E-state index in [1.54, 1.807) is 11.3 Å². The van der Waals surface area contributed by atoms with Gasteiger partial charge in [0.1, 0.15) is 0 Å². The van der Waals surface area contributed by atoms with E-state index >= 15 is 0 Å². The summed E-state index contributed by atoms with van der Waals surface area (Å²) in [6.45, 7) is 7.44. The van der Waals surface area contributed by atoms with Crippen LogP contribution < -0.4 is 5.32 Å². The molecule has 2 heterocycles. The molecular formula is C13H20N2OS. The van der Waals surface area contributed by atoms with E-state index in [9.17, 15) is 0 Å². The van der Waals surface area contributed by atoms with Gasteiger partial charge in [-0.1, -0.05) is 0 Å². The first-order valence-corrected chi connectivity index (χ1v) is 7.11. The fraction of sp³-hybridized carbons (Fsp3) is 0.769. The second-order valence-electron chi connectivity index (χ2n) is 6.25. The second-order valence-corrected chi connectivity index (χ2v) is 7.49.